The standard InChI is InChI=1S/C18H29N3O4S/c1-19(2)26(23,24)21-10-8-20(9-11-21)13-17(22)14-25-18-7-6-15-4-3-5-16(15)12-18/h6-7,12,17,22H,3-5,8-11,13-14H2,1-2H3/p+1/t17-/m1/s1. The number of piperazine rings is 1. The van der Waals surface area contributed by atoms with Gasteiger partial charge >= 0.3 is 0 Å². The number of hydrogen-bond donors (Lipinski definition) is 2. The second-order valence-corrected chi connectivity index (χ2v) is 9.53. The number of rotatable bonds is 7. The van der Waals surface area contributed by atoms with Crippen molar-refractivity contribution in [3.05, 3.63) is 29.3 Å². The van der Waals surface area contributed by atoms with E-state index in [9.17, 15) is 13.5 Å². The van der Waals surface area contributed by atoms with Crippen LogP contribution in [0.1, 0.15) is 17.5 Å². The first-order valence-corrected chi connectivity index (χ1v) is 10.7. The van der Waals surface area contributed by atoms with Gasteiger partial charge in [0.05, 0.1) is 26.2 Å². The molecule has 0 bridgehead atoms. The molecule has 0 aromatic heterocycles. The minimum Gasteiger partial charge on any atom is -0.491 e. The Kier molecular flexibility index (Phi) is 6.19. The molecule has 0 amide bonds. The van der Waals surface area contributed by atoms with Gasteiger partial charge < -0.3 is 14.7 Å². The Morgan fingerprint density at radius 3 is 2.62 bits per heavy atom. The maximum atomic E-state index is 12.1. The average molecular weight is 385 g/mol. The third kappa shape index (κ3) is 4.55. The Balaban J connectivity index is 1.42. The lowest BCUT2D eigenvalue weighted by Gasteiger charge is -2.33. The Hall–Kier alpha value is -1.19. The predicted molar refractivity (Wildman–Crippen MR) is 99.7 cm³/mol. The Morgan fingerprint density at radius 2 is 1.92 bits per heavy atom. The van der Waals surface area contributed by atoms with Crippen LogP contribution in [0.3, 0.4) is 0 Å². The molecule has 1 aromatic rings. The molecule has 1 atom stereocenters. The highest BCUT2D eigenvalue weighted by Gasteiger charge is 2.31. The first-order valence-electron chi connectivity index (χ1n) is 9.30. The highest BCUT2D eigenvalue weighted by Crippen LogP contribution is 2.26. The minimum atomic E-state index is -3.34. The molecule has 146 valence electrons. The predicted octanol–water partition coefficient (Wildman–Crippen LogP) is -1.08. The van der Waals surface area contributed by atoms with Crippen LogP contribution in [0, 0.1) is 0 Å². The van der Waals surface area contributed by atoms with Crippen LogP contribution in [0.25, 0.3) is 0 Å². The molecule has 1 aliphatic carbocycles. The molecule has 0 unspecified atom stereocenters. The van der Waals surface area contributed by atoms with Crippen molar-refractivity contribution in [2.45, 2.75) is 25.4 Å². The molecule has 1 heterocycles. The van der Waals surface area contributed by atoms with Gasteiger partial charge in [-0.25, -0.2) is 0 Å². The molecule has 26 heavy (non-hydrogen) atoms. The van der Waals surface area contributed by atoms with Crippen molar-refractivity contribution in [1.29, 1.82) is 0 Å². The minimum absolute atomic E-state index is 0.266. The lowest BCUT2D eigenvalue weighted by molar-refractivity contribution is -0.906. The number of fused-ring (bicyclic) bond motifs is 1. The monoisotopic (exact) mass is 384 g/mol. The molecule has 8 heteroatoms. The van der Waals surface area contributed by atoms with Gasteiger partial charge in [-0.3, -0.25) is 0 Å². The number of benzene rings is 1. The van der Waals surface area contributed by atoms with Gasteiger partial charge in [0.2, 0.25) is 0 Å². The van der Waals surface area contributed by atoms with Crippen LogP contribution in [0.5, 0.6) is 5.75 Å². The lowest BCUT2D eigenvalue weighted by atomic mass is 10.1. The van der Waals surface area contributed by atoms with Crippen LogP contribution in [-0.2, 0) is 23.1 Å². The summed E-state index contributed by atoms with van der Waals surface area (Å²) in [6, 6.07) is 6.20. The number of ether oxygens (including phenoxy) is 1. The van der Waals surface area contributed by atoms with Crippen LogP contribution in [0.15, 0.2) is 18.2 Å². The molecule has 7 nitrogen and oxygen atoms in total. The van der Waals surface area contributed by atoms with Gasteiger partial charge in [-0.2, -0.15) is 17.0 Å². The Bertz CT molecular complexity index is 715. The van der Waals surface area contributed by atoms with Gasteiger partial charge in [-0.15, -0.1) is 0 Å². The van der Waals surface area contributed by atoms with Gasteiger partial charge in [-0.05, 0) is 42.5 Å². The highest BCUT2D eigenvalue weighted by atomic mass is 32.2. The van der Waals surface area contributed by atoms with E-state index in [1.54, 1.807) is 14.1 Å². The zero-order valence-corrected chi connectivity index (χ0v) is 16.5. The fraction of sp³-hybridized carbons (Fsp3) is 0.667. The summed E-state index contributed by atoms with van der Waals surface area (Å²) >= 11 is 0. The topological polar surface area (TPSA) is 74.5 Å². The van der Waals surface area contributed by atoms with E-state index in [0.29, 0.717) is 32.7 Å². The molecule has 1 aliphatic heterocycles. The fourth-order valence-electron chi connectivity index (χ4n) is 3.69. The van der Waals surface area contributed by atoms with Crippen LogP contribution in [0.4, 0.5) is 0 Å². The normalized spacial score (nSPS) is 20.3. The van der Waals surface area contributed by atoms with E-state index in [0.717, 1.165) is 18.6 Å². The zero-order valence-electron chi connectivity index (χ0n) is 15.6. The van der Waals surface area contributed by atoms with Gasteiger partial charge in [0.1, 0.15) is 25.0 Å². The van der Waals surface area contributed by atoms with Crippen molar-refractivity contribution in [3.8, 4) is 5.75 Å². The number of hydrogen-bond acceptors (Lipinski definition) is 4. The van der Waals surface area contributed by atoms with Crippen LogP contribution < -0.4 is 9.64 Å². The van der Waals surface area contributed by atoms with E-state index in [4.69, 9.17) is 4.74 Å². The summed E-state index contributed by atoms with van der Waals surface area (Å²) in [6.45, 7) is 3.19. The maximum absolute atomic E-state index is 12.1. The molecule has 1 saturated heterocycles. The quantitative estimate of drug-likeness (QED) is 0.627. The van der Waals surface area contributed by atoms with Crippen molar-refractivity contribution in [2.75, 3.05) is 53.4 Å². The largest absolute Gasteiger partial charge is 0.491 e. The molecule has 3 rings (SSSR count). The first-order chi connectivity index (χ1) is 12.4. The summed E-state index contributed by atoms with van der Waals surface area (Å²) in [6.07, 6.45) is 2.91. The maximum Gasteiger partial charge on any atom is 0.281 e. The molecule has 0 spiro atoms. The van der Waals surface area contributed by atoms with Crippen LogP contribution in [0.2, 0.25) is 0 Å². The molecule has 0 saturated carbocycles. The molecular weight excluding hydrogens is 354 g/mol. The van der Waals surface area contributed by atoms with Crippen molar-refractivity contribution >= 4 is 10.2 Å². The summed E-state index contributed by atoms with van der Waals surface area (Å²) in [5, 5.41) is 10.3. The molecule has 1 aromatic carbocycles. The second-order valence-electron chi connectivity index (χ2n) is 7.39. The summed E-state index contributed by atoms with van der Waals surface area (Å²) < 4.78 is 32.8. The number of aliphatic hydroxyl groups excluding tert-OH is 1. The number of quaternary nitrogens is 1. The van der Waals surface area contributed by atoms with E-state index in [2.05, 4.69) is 12.1 Å². The van der Waals surface area contributed by atoms with E-state index >= 15 is 0 Å². The van der Waals surface area contributed by atoms with Crippen LogP contribution in [-0.4, -0.2) is 81.7 Å². The van der Waals surface area contributed by atoms with E-state index in [-0.39, 0.29) is 6.61 Å². The number of aryl methyl sites for hydroxylation is 2. The number of aliphatic hydroxyl groups is 1. The third-order valence-electron chi connectivity index (χ3n) is 5.25. The zero-order chi connectivity index (χ0) is 18.7. The summed E-state index contributed by atoms with van der Waals surface area (Å²) in [5.74, 6) is 0.821. The van der Waals surface area contributed by atoms with Crippen molar-refractivity contribution in [2.24, 2.45) is 0 Å². The lowest BCUT2D eigenvalue weighted by Crippen LogP contribution is -3.16. The molecule has 2 aliphatic rings. The summed E-state index contributed by atoms with van der Waals surface area (Å²) in [7, 11) is -0.237. The average Bonchev–Trinajstić information content (AvgIpc) is 3.08. The summed E-state index contributed by atoms with van der Waals surface area (Å²) in [5.41, 5.74) is 2.77. The van der Waals surface area contributed by atoms with E-state index in [1.807, 2.05) is 6.07 Å². The Labute approximate surface area is 156 Å². The number of nitrogens with zero attached hydrogens (tertiary/aromatic N) is 2. The van der Waals surface area contributed by atoms with Crippen molar-refractivity contribution < 1.29 is 23.2 Å². The van der Waals surface area contributed by atoms with Crippen LogP contribution >= 0.6 is 0 Å². The van der Waals surface area contributed by atoms with Gasteiger partial charge in [0.25, 0.3) is 10.2 Å². The van der Waals surface area contributed by atoms with Gasteiger partial charge in [0.15, 0.2) is 0 Å². The SMILES string of the molecule is CN(C)S(=O)(=O)N1CC[NH+](C[C@@H](O)COc2ccc3c(c2)CCC3)CC1. The number of nitrogens with one attached hydrogen (secondary N) is 1. The van der Waals surface area contributed by atoms with Crippen molar-refractivity contribution in [3.63, 3.8) is 0 Å². The van der Waals surface area contributed by atoms with Gasteiger partial charge in [0, 0.05) is 14.1 Å². The van der Waals surface area contributed by atoms with E-state index < -0.39 is 16.3 Å². The molecule has 2 N–H and O–H groups in total. The van der Waals surface area contributed by atoms with E-state index in [1.165, 1.54) is 31.1 Å². The van der Waals surface area contributed by atoms with Crippen molar-refractivity contribution in [1.82, 2.24) is 8.61 Å². The fourth-order valence-corrected chi connectivity index (χ4v) is 4.80. The summed E-state index contributed by atoms with van der Waals surface area (Å²) in [4.78, 5) is 1.21. The third-order valence-corrected chi connectivity index (χ3v) is 7.19. The second kappa shape index (κ2) is 8.22. The highest BCUT2D eigenvalue weighted by molar-refractivity contribution is 7.86. The molecule has 1 fully saturated rings. The Morgan fingerprint density at radius 1 is 1.23 bits per heavy atom. The smallest absolute Gasteiger partial charge is 0.281 e. The van der Waals surface area contributed by atoms with Gasteiger partial charge in [-0.1, -0.05) is 6.07 Å². The molecule has 0 radical (unpaired) electrons. The first kappa shape index (κ1) is 19.6. The molecular formula is C18H30N3O4S+.